The molecular formula is C22H21N3O2. The molecule has 3 aromatic carbocycles. The van der Waals surface area contributed by atoms with E-state index in [0.29, 0.717) is 19.0 Å². The largest absolute Gasteiger partial charge is 0.436 e. The number of nitrogens with one attached hydrogen (secondary N) is 2. The third-order valence-electron chi connectivity index (χ3n) is 4.28. The highest BCUT2D eigenvalue weighted by molar-refractivity contribution is 5.76. The molecule has 136 valence electrons. The number of hydrogen-bond donors (Lipinski definition) is 3. The molecule has 3 N–H and O–H groups in total. The lowest BCUT2D eigenvalue weighted by molar-refractivity contribution is 0.201. The average Bonchev–Trinajstić information content (AvgIpc) is 3.16. The summed E-state index contributed by atoms with van der Waals surface area (Å²) in [5, 5.41) is 16.6. The molecule has 0 saturated carbocycles. The molecule has 0 spiro atoms. The molecule has 5 nitrogen and oxygen atoms in total. The molecule has 1 unspecified atom stereocenters. The molecule has 27 heavy (non-hydrogen) atoms. The minimum atomic E-state index is -0.498. The van der Waals surface area contributed by atoms with Crippen molar-refractivity contribution in [3.05, 3.63) is 78.9 Å². The fourth-order valence-corrected chi connectivity index (χ4v) is 2.83. The maximum atomic E-state index is 10.1. The van der Waals surface area contributed by atoms with E-state index >= 15 is 0 Å². The van der Waals surface area contributed by atoms with Crippen LogP contribution in [-0.4, -0.2) is 29.3 Å². The molecule has 0 saturated heterocycles. The maximum absolute atomic E-state index is 10.1. The third-order valence-corrected chi connectivity index (χ3v) is 4.28. The van der Waals surface area contributed by atoms with Gasteiger partial charge < -0.3 is 20.2 Å². The van der Waals surface area contributed by atoms with Gasteiger partial charge in [-0.05, 0) is 48.5 Å². The van der Waals surface area contributed by atoms with Crippen molar-refractivity contribution >= 4 is 22.5 Å². The molecule has 0 radical (unpaired) electrons. The van der Waals surface area contributed by atoms with Crippen molar-refractivity contribution in [2.24, 2.45) is 0 Å². The van der Waals surface area contributed by atoms with Gasteiger partial charge in [0, 0.05) is 30.0 Å². The zero-order valence-corrected chi connectivity index (χ0v) is 14.8. The number of hydrogen-bond acceptors (Lipinski definition) is 5. The molecule has 4 rings (SSSR count). The van der Waals surface area contributed by atoms with Gasteiger partial charge in [0.1, 0.15) is 5.52 Å². The molecule has 1 aromatic heterocycles. The number of nitrogens with zero attached hydrogens (tertiary/aromatic N) is 1. The standard InChI is InChI=1S/C22H21N3O2/c26-19(14-23-17-6-2-1-3-7-17)15-24-18-12-10-16(11-13-18)22-25-20-8-4-5-9-21(20)27-22/h1-13,19,23-24,26H,14-15H2. The first-order valence-electron chi connectivity index (χ1n) is 8.95. The minimum Gasteiger partial charge on any atom is -0.436 e. The van der Waals surface area contributed by atoms with E-state index < -0.39 is 6.10 Å². The highest BCUT2D eigenvalue weighted by Gasteiger charge is 2.08. The number of para-hydroxylation sites is 3. The number of aromatic nitrogens is 1. The van der Waals surface area contributed by atoms with Crippen LogP contribution < -0.4 is 10.6 Å². The van der Waals surface area contributed by atoms with Gasteiger partial charge in [0.05, 0.1) is 6.10 Å². The van der Waals surface area contributed by atoms with Gasteiger partial charge in [-0.25, -0.2) is 4.98 Å². The molecule has 4 aromatic rings. The van der Waals surface area contributed by atoms with Crippen molar-refractivity contribution in [1.29, 1.82) is 0 Å². The number of anilines is 2. The smallest absolute Gasteiger partial charge is 0.227 e. The maximum Gasteiger partial charge on any atom is 0.227 e. The van der Waals surface area contributed by atoms with Gasteiger partial charge in [0.15, 0.2) is 5.58 Å². The Morgan fingerprint density at radius 1 is 0.778 bits per heavy atom. The lowest BCUT2D eigenvalue weighted by Gasteiger charge is -2.14. The summed E-state index contributed by atoms with van der Waals surface area (Å²) in [5.74, 6) is 0.606. The van der Waals surface area contributed by atoms with Crippen LogP contribution in [0.3, 0.4) is 0 Å². The van der Waals surface area contributed by atoms with Crippen molar-refractivity contribution in [2.45, 2.75) is 6.10 Å². The van der Waals surface area contributed by atoms with E-state index in [4.69, 9.17) is 4.42 Å². The zero-order chi connectivity index (χ0) is 18.5. The van der Waals surface area contributed by atoms with Crippen LogP contribution in [0.25, 0.3) is 22.6 Å². The van der Waals surface area contributed by atoms with Crippen LogP contribution >= 0.6 is 0 Å². The molecule has 1 atom stereocenters. The van der Waals surface area contributed by atoms with Crippen LogP contribution in [-0.2, 0) is 0 Å². The number of rotatable bonds is 7. The van der Waals surface area contributed by atoms with Crippen LogP contribution in [0, 0.1) is 0 Å². The highest BCUT2D eigenvalue weighted by atomic mass is 16.3. The Kier molecular flexibility index (Phi) is 5.03. The van der Waals surface area contributed by atoms with Crippen LogP contribution in [0.5, 0.6) is 0 Å². The number of fused-ring (bicyclic) bond motifs is 1. The Balaban J connectivity index is 1.32. The van der Waals surface area contributed by atoms with E-state index in [0.717, 1.165) is 28.0 Å². The Morgan fingerprint density at radius 3 is 2.11 bits per heavy atom. The summed E-state index contributed by atoms with van der Waals surface area (Å²) in [7, 11) is 0. The molecule has 5 heteroatoms. The Bertz CT molecular complexity index is 964. The van der Waals surface area contributed by atoms with Gasteiger partial charge in [-0.1, -0.05) is 30.3 Å². The molecule has 0 bridgehead atoms. The first-order valence-corrected chi connectivity index (χ1v) is 8.95. The molecule has 0 amide bonds. The summed E-state index contributed by atoms with van der Waals surface area (Å²) in [6.07, 6.45) is -0.498. The van der Waals surface area contributed by atoms with Gasteiger partial charge in [0.25, 0.3) is 0 Å². The van der Waals surface area contributed by atoms with Crippen molar-refractivity contribution in [3.8, 4) is 11.5 Å². The summed E-state index contributed by atoms with van der Waals surface area (Å²) < 4.78 is 5.79. The van der Waals surface area contributed by atoms with Crippen LogP contribution in [0.15, 0.2) is 83.3 Å². The topological polar surface area (TPSA) is 70.3 Å². The summed E-state index contributed by atoms with van der Waals surface area (Å²) in [4.78, 5) is 4.50. The molecule has 1 heterocycles. The quantitative estimate of drug-likeness (QED) is 0.457. The van der Waals surface area contributed by atoms with Crippen molar-refractivity contribution in [3.63, 3.8) is 0 Å². The second-order valence-corrected chi connectivity index (χ2v) is 6.35. The number of oxazole rings is 1. The lowest BCUT2D eigenvalue weighted by atomic mass is 10.2. The average molecular weight is 359 g/mol. The molecule has 0 aliphatic rings. The summed E-state index contributed by atoms with van der Waals surface area (Å²) >= 11 is 0. The van der Waals surface area contributed by atoms with Gasteiger partial charge in [-0.3, -0.25) is 0 Å². The fourth-order valence-electron chi connectivity index (χ4n) is 2.83. The van der Waals surface area contributed by atoms with Gasteiger partial charge in [-0.15, -0.1) is 0 Å². The predicted octanol–water partition coefficient (Wildman–Crippen LogP) is 4.38. The predicted molar refractivity (Wildman–Crippen MR) is 109 cm³/mol. The second-order valence-electron chi connectivity index (χ2n) is 6.35. The minimum absolute atomic E-state index is 0.460. The number of benzene rings is 3. The van der Waals surface area contributed by atoms with E-state index in [2.05, 4.69) is 15.6 Å². The van der Waals surface area contributed by atoms with E-state index in [1.165, 1.54) is 0 Å². The zero-order valence-electron chi connectivity index (χ0n) is 14.8. The third kappa shape index (κ3) is 4.27. The first-order chi connectivity index (χ1) is 13.3. The van der Waals surface area contributed by atoms with Crippen LogP contribution in [0.1, 0.15) is 0 Å². The lowest BCUT2D eigenvalue weighted by Crippen LogP contribution is -2.27. The second kappa shape index (κ2) is 7.93. The normalized spacial score (nSPS) is 12.0. The number of aliphatic hydroxyl groups excluding tert-OH is 1. The van der Waals surface area contributed by atoms with Gasteiger partial charge in [0.2, 0.25) is 5.89 Å². The monoisotopic (exact) mass is 359 g/mol. The summed E-state index contributed by atoms with van der Waals surface area (Å²) in [5.41, 5.74) is 4.49. The van der Waals surface area contributed by atoms with Crippen molar-refractivity contribution in [1.82, 2.24) is 4.98 Å². The van der Waals surface area contributed by atoms with Gasteiger partial charge in [-0.2, -0.15) is 0 Å². The van der Waals surface area contributed by atoms with E-state index in [1.807, 2.05) is 78.9 Å². The Morgan fingerprint density at radius 2 is 1.41 bits per heavy atom. The highest BCUT2D eigenvalue weighted by Crippen LogP contribution is 2.25. The summed E-state index contributed by atoms with van der Waals surface area (Å²) in [6, 6.07) is 25.4. The van der Waals surface area contributed by atoms with Gasteiger partial charge >= 0.3 is 0 Å². The van der Waals surface area contributed by atoms with Crippen molar-refractivity contribution in [2.75, 3.05) is 23.7 Å². The van der Waals surface area contributed by atoms with Crippen LogP contribution in [0.2, 0.25) is 0 Å². The molecular weight excluding hydrogens is 338 g/mol. The van der Waals surface area contributed by atoms with E-state index in [9.17, 15) is 5.11 Å². The number of aliphatic hydroxyl groups is 1. The SMILES string of the molecule is OC(CNc1ccccc1)CNc1ccc(-c2nc3ccccc3o2)cc1. The van der Waals surface area contributed by atoms with Crippen molar-refractivity contribution < 1.29 is 9.52 Å². The summed E-state index contributed by atoms with van der Waals surface area (Å²) in [6.45, 7) is 0.945. The Hall–Kier alpha value is -3.31. The molecule has 0 aliphatic carbocycles. The van der Waals surface area contributed by atoms with E-state index in [-0.39, 0.29) is 0 Å². The molecule has 0 fully saturated rings. The van der Waals surface area contributed by atoms with Crippen LogP contribution in [0.4, 0.5) is 11.4 Å². The first kappa shape index (κ1) is 17.1. The van der Waals surface area contributed by atoms with E-state index in [1.54, 1.807) is 0 Å². The fraction of sp³-hybridized carbons (Fsp3) is 0.136. The molecule has 0 aliphatic heterocycles. The Labute approximate surface area is 157 Å².